The molecule has 0 saturated heterocycles. The van der Waals surface area contributed by atoms with Gasteiger partial charge in [-0.2, -0.15) is 13.2 Å². The van der Waals surface area contributed by atoms with E-state index in [9.17, 15) is 17.6 Å². The molecular formula is C15H20F4N2. The highest BCUT2D eigenvalue weighted by Crippen LogP contribution is 2.44. The van der Waals surface area contributed by atoms with Crippen LogP contribution < -0.4 is 10.6 Å². The van der Waals surface area contributed by atoms with E-state index in [1.165, 1.54) is 6.07 Å². The van der Waals surface area contributed by atoms with Crippen molar-refractivity contribution in [3.8, 4) is 0 Å². The third-order valence-corrected chi connectivity index (χ3v) is 4.59. The zero-order chi connectivity index (χ0) is 15.7. The Kier molecular flexibility index (Phi) is 4.46. The number of hydrogen-bond acceptors (Lipinski definition) is 2. The lowest BCUT2D eigenvalue weighted by molar-refractivity contribution is -0.186. The topological polar surface area (TPSA) is 29.3 Å². The van der Waals surface area contributed by atoms with E-state index in [-0.39, 0.29) is 19.4 Å². The highest BCUT2D eigenvalue weighted by Gasteiger charge is 2.49. The van der Waals surface area contributed by atoms with Gasteiger partial charge in [0.2, 0.25) is 0 Å². The number of rotatable bonds is 3. The molecule has 21 heavy (non-hydrogen) atoms. The zero-order valence-corrected chi connectivity index (χ0v) is 12.0. The van der Waals surface area contributed by atoms with E-state index in [0.717, 1.165) is 0 Å². The molecule has 0 spiro atoms. The lowest BCUT2D eigenvalue weighted by Gasteiger charge is -2.48. The number of para-hydroxylation sites is 1. The molecule has 6 heteroatoms. The van der Waals surface area contributed by atoms with Gasteiger partial charge in [-0.05, 0) is 31.4 Å². The monoisotopic (exact) mass is 304 g/mol. The first-order valence-corrected chi connectivity index (χ1v) is 7.05. The van der Waals surface area contributed by atoms with Crippen molar-refractivity contribution in [3.63, 3.8) is 0 Å². The smallest absolute Gasteiger partial charge is 0.365 e. The number of alkyl halides is 3. The number of benzene rings is 1. The van der Waals surface area contributed by atoms with Gasteiger partial charge >= 0.3 is 6.18 Å². The standard InChI is InChI=1S/C15H20F4N2/c1-21(13-7-3-2-6-12(13)16)14(10-20)8-4-5-11(9-14)15(17,18)19/h2-3,6-7,11H,4-5,8-10,20H2,1H3. The molecule has 0 bridgehead atoms. The minimum absolute atomic E-state index is 0.0738. The Bertz CT molecular complexity index is 489. The maximum Gasteiger partial charge on any atom is 0.391 e. The minimum Gasteiger partial charge on any atom is -0.365 e. The number of hydrogen-bond donors (Lipinski definition) is 1. The predicted molar refractivity (Wildman–Crippen MR) is 74.6 cm³/mol. The lowest BCUT2D eigenvalue weighted by atomic mass is 9.74. The first-order valence-electron chi connectivity index (χ1n) is 7.05. The van der Waals surface area contributed by atoms with Crippen LogP contribution in [-0.4, -0.2) is 25.3 Å². The number of nitrogens with zero attached hydrogens (tertiary/aromatic N) is 1. The van der Waals surface area contributed by atoms with Gasteiger partial charge in [-0.25, -0.2) is 4.39 Å². The summed E-state index contributed by atoms with van der Waals surface area (Å²) >= 11 is 0. The highest BCUT2D eigenvalue weighted by atomic mass is 19.4. The Balaban J connectivity index is 2.31. The summed E-state index contributed by atoms with van der Waals surface area (Å²) in [5, 5.41) is 0. The number of anilines is 1. The predicted octanol–water partition coefficient (Wildman–Crippen LogP) is 3.71. The van der Waals surface area contributed by atoms with Crippen molar-refractivity contribution < 1.29 is 17.6 Å². The van der Waals surface area contributed by atoms with Crippen LogP contribution in [-0.2, 0) is 0 Å². The number of nitrogens with two attached hydrogens (primary N) is 1. The van der Waals surface area contributed by atoms with Crippen molar-refractivity contribution in [2.75, 3.05) is 18.5 Å². The molecule has 0 amide bonds. The second-order valence-electron chi connectivity index (χ2n) is 5.77. The van der Waals surface area contributed by atoms with Crippen molar-refractivity contribution in [3.05, 3.63) is 30.1 Å². The van der Waals surface area contributed by atoms with Crippen LogP contribution in [0.5, 0.6) is 0 Å². The van der Waals surface area contributed by atoms with E-state index in [2.05, 4.69) is 0 Å². The Morgan fingerprint density at radius 2 is 2.00 bits per heavy atom. The van der Waals surface area contributed by atoms with Gasteiger partial charge in [0.15, 0.2) is 0 Å². The largest absolute Gasteiger partial charge is 0.391 e. The van der Waals surface area contributed by atoms with Crippen LogP contribution in [0.15, 0.2) is 24.3 Å². The molecule has 118 valence electrons. The normalized spacial score (nSPS) is 26.7. The van der Waals surface area contributed by atoms with Crippen LogP contribution in [0.2, 0.25) is 0 Å². The molecule has 2 unspecified atom stereocenters. The first kappa shape index (κ1) is 16.1. The fraction of sp³-hybridized carbons (Fsp3) is 0.600. The fourth-order valence-electron chi connectivity index (χ4n) is 3.23. The van der Waals surface area contributed by atoms with Crippen LogP contribution in [0.1, 0.15) is 25.7 Å². The third kappa shape index (κ3) is 3.15. The maximum atomic E-state index is 13.9. The number of likely N-dealkylation sites (N-methyl/N-ethyl adjacent to an activating group) is 1. The summed E-state index contributed by atoms with van der Waals surface area (Å²) in [6.45, 7) is 0.0738. The molecule has 2 atom stereocenters. The summed E-state index contributed by atoms with van der Waals surface area (Å²) in [4.78, 5) is 1.60. The molecule has 1 aromatic rings. The fourth-order valence-corrected chi connectivity index (χ4v) is 3.23. The van der Waals surface area contributed by atoms with Crippen molar-refractivity contribution in [2.24, 2.45) is 11.7 Å². The summed E-state index contributed by atoms with van der Waals surface area (Å²) in [7, 11) is 1.63. The maximum absolute atomic E-state index is 13.9. The Morgan fingerprint density at radius 1 is 1.33 bits per heavy atom. The van der Waals surface area contributed by atoms with Gasteiger partial charge in [-0.1, -0.05) is 18.6 Å². The van der Waals surface area contributed by atoms with E-state index >= 15 is 0 Å². The Labute approximate surface area is 121 Å². The van der Waals surface area contributed by atoms with Crippen LogP contribution in [0.3, 0.4) is 0 Å². The van der Waals surface area contributed by atoms with Gasteiger partial charge in [0, 0.05) is 13.6 Å². The van der Waals surface area contributed by atoms with Crippen molar-refractivity contribution in [1.29, 1.82) is 0 Å². The molecule has 2 rings (SSSR count). The molecule has 0 aromatic heterocycles. The van der Waals surface area contributed by atoms with Crippen molar-refractivity contribution in [2.45, 2.75) is 37.4 Å². The minimum atomic E-state index is -4.23. The lowest BCUT2D eigenvalue weighted by Crippen LogP contribution is -2.56. The second-order valence-corrected chi connectivity index (χ2v) is 5.77. The van der Waals surface area contributed by atoms with Crippen LogP contribution >= 0.6 is 0 Å². The van der Waals surface area contributed by atoms with E-state index < -0.39 is 23.5 Å². The van der Waals surface area contributed by atoms with Crippen molar-refractivity contribution >= 4 is 5.69 Å². The third-order valence-electron chi connectivity index (χ3n) is 4.59. The quantitative estimate of drug-likeness (QED) is 0.863. The van der Waals surface area contributed by atoms with Crippen LogP contribution in [0, 0.1) is 11.7 Å². The summed E-state index contributed by atoms with van der Waals surface area (Å²) in [6.07, 6.45) is -3.20. The van der Waals surface area contributed by atoms with E-state index in [4.69, 9.17) is 5.73 Å². The summed E-state index contributed by atoms with van der Waals surface area (Å²) < 4.78 is 53.0. The van der Waals surface area contributed by atoms with Gasteiger partial charge in [0.1, 0.15) is 5.82 Å². The van der Waals surface area contributed by atoms with Gasteiger partial charge in [0.05, 0.1) is 17.1 Å². The molecule has 0 radical (unpaired) electrons. The van der Waals surface area contributed by atoms with Gasteiger partial charge in [0.25, 0.3) is 0 Å². The number of halogens is 4. The average molecular weight is 304 g/mol. The zero-order valence-electron chi connectivity index (χ0n) is 12.0. The summed E-state index contributed by atoms with van der Waals surface area (Å²) in [6, 6.07) is 6.11. The molecular weight excluding hydrogens is 284 g/mol. The molecule has 1 fully saturated rings. The van der Waals surface area contributed by atoms with E-state index in [0.29, 0.717) is 18.5 Å². The second kappa shape index (κ2) is 5.83. The van der Waals surface area contributed by atoms with Crippen molar-refractivity contribution in [1.82, 2.24) is 0 Å². The molecule has 1 saturated carbocycles. The molecule has 1 aromatic carbocycles. The summed E-state index contributed by atoms with van der Waals surface area (Å²) in [5.74, 6) is -1.81. The van der Waals surface area contributed by atoms with Crippen LogP contribution in [0.4, 0.5) is 23.2 Å². The van der Waals surface area contributed by atoms with Gasteiger partial charge < -0.3 is 10.6 Å². The SMILES string of the molecule is CN(c1ccccc1F)C1(CN)CCCC(C(F)(F)F)C1. The highest BCUT2D eigenvalue weighted by molar-refractivity contribution is 5.50. The molecule has 1 aliphatic rings. The molecule has 1 aliphatic carbocycles. The molecule has 2 nitrogen and oxygen atoms in total. The molecule has 2 N–H and O–H groups in total. The molecule has 0 heterocycles. The average Bonchev–Trinajstić information content (AvgIpc) is 2.46. The summed E-state index contributed by atoms with van der Waals surface area (Å²) in [5.41, 5.74) is 5.25. The van der Waals surface area contributed by atoms with E-state index in [1.54, 1.807) is 30.1 Å². The Hall–Kier alpha value is -1.30. The van der Waals surface area contributed by atoms with Gasteiger partial charge in [-0.15, -0.1) is 0 Å². The van der Waals surface area contributed by atoms with Gasteiger partial charge in [-0.3, -0.25) is 0 Å². The van der Waals surface area contributed by atoms with Crippen LogP contribution in [0.25, 0.3) is 0 Å². The molecule has 0 aliphatic heterocycles. The Morgan fingerprint density at radius 3 is 2.57 bits per heavy atom. The van der Waals surface area contributed by atoms with E-state index in [1.807, 2.05) is 0 Å². The first-order chi connectivity index (χ1) is 9.80.